The van der Waals surface area contributed by atoms with Gasteiger partial charge in [0.1, 0.15) is 0 Å². The molecule has 0 fully saturated rings. The number of hydrogen-bond donors (Lipinski definition) is 1. The monoisotopic (exact) mass is 277 g/mol. The minimum atomic E-state index is -0.221. The molecule has 0 amide bonds. The van der Waals surface area contributed by atoms with Gasteiger partial charge in [0.05, 0.1) is 5.69 Å². The van der Waals surface area contributed by atoms with Crippen LogP contribution in [0, 0.1) is 12.9 Å². The lowest BCUT2D eigenvalue weighted by atomic mass is 10.1. The van der Waals surface area contributed by atoms with Gasteiger partial charge in [0, 0.05) is 19.2 Å². The second kappa shape index (κ2) is 9.34. The predicted octanol–water partition coefficient (Wildman–Crippen LogP) is 3.35. The van der Waals surface area contributed by atoms with Gasteiger partial charge in [-0.3, -0.25) is 0 Å². The van der Waals surface area contributed by atoms with Crippen LogP contribution in [0.3, 0.4) is 0 Å². The number of unbranched alkanes of at least 4 members (excludes halogenated alkanes) is 4. The number of aryl methyl sites for hydroxylation is 2. The third kappa shape index (κ3) is 5.36. The van der Waals surface area contributed by atoms with E-state index < -0.39 is 0 Å². The standard InChI is InChI=1S/C13H24FN3.ClH/c1-4-5-6-7-8-9-15-10-12-11(2)16-17(3)13(12)14;/h15H,4-10H2,1-3H3;1H. The number of aromatic nitrogens is 2. The molecule has 106 valence electrons. The lowest BCUT2D eigenvalue weighted by molar-refractivity contribution is 0.488. The molecule has 0 radical (unpaired) electrons. The molecule has 5 heteroatoms. The molecule has 0 aromatic carbocycles. The van der Waals surface area contributed by atoms with Gasteiger partial charge in [-0.15, -0.1) is 12.4 Å². The molecule has 1 aromatic heterocycles. The Morgan fingerprint density at radius 1 is 1.22 bits per heavy atom. The molecular formula is C13H25ClFN3. The van der Waals surface area contributed by atoms with E-state index in [-0.39, 0.29) is 18.4 Å². The molecule has 0 bridgehead atoms. The molecule has 0 aliphatic rings. The molecular weight excluding hydrogens is 253 g/mol. The fraction of sp³-hybridized carbons (Fsp3) is 0.769. The van der Waals surface area contributed by atoms with E-state index >= 15 is 0 Å². The summed E-state index contributed by atoms with van der Waals surface area (Å²) >= 11 is 0. The van der Waals surface area contributed by atoms with Gasteiger partial charge in [0.2, 0.25) is 5.95 Å². The average molecular weight is 278 g/mol. The third-order valence-corrected chi connectivity index (χ3v) is 3.03. The van der Waals surface area contributed by atoms with Crippen LogP contribution in [0.1, 0.15) is 50.3 Å². The van der Waals surface area contributed by atoms with E-state index in [0.29, 0.717) is 12.1 Å². The first-order chi connectivity index (χ1) is 8.16. The number of halogens is 2. The van der Waals surface area contributed by atoms with Gasteiger partial charge in [0.15, 0.2) is 0 Å². The third-order valence-electron chi connectivity index (χ3n) is 3.03. The highest BCUT2D eigenvalue weighted by atomic mass is 35.5. The number of nitrogens with zero attached hydrogens (tertiary/aromatic N) is 2. The van der Waals surface area contributed by atoms with Gasteiger partial charge in [-0.2, -0.15) is 9.49 Å². The molecule has 18 heavy (non-hydrogen) atoms. The smallest absolute Gasteiger partial charge is 0.215 e. The van der Waals surface area contributed by atoms with Gasteiger partial charge in [0.25, 0.3) is 0 Å². The summed E-state index contributed by atoms with van der Waals surface area (Å²) in [5.74, 6) is -0.221. The Morgan fingerprint density at radius 2 is 1.89 bits per heavy atom. The summed E-state index contributed by atoms with van der Waals surface area (Å²) in [6, 6.07) is 0. The van der Waals surface area contributed by atoms with Crippen LogP contribution in [0.2, 0.25) is 0 Å². The van der Waals surface area contributed by atoms with Crippen molar-refractivity contribution in [3.63, 3.8) is 0 Å². The Morgan fingerprint density at radius 3 is 2.44 bits per heavy atom. The van der Waals surface area contributed by atoms with Gasteiger partial charge in [-0.25, -0.2) is 4.68 Å². The summed E-state index contributed by atoms with van der Waals surface area (Å²) in [5, 5.41) is 7.33. The van der Waals surface area contributed by atoms with Crippen molar-refractivity contribution in [2.75, 3.05) is 6.54 Å². The molecule has 0 unspecified atom stereocenters. The van der Waals surface area contributed by atoms with Crippen molar-refractivity contribution >= 4 is 12.4 Å². The fourth-order valence-electron chi connectivity index (χ4n) is 1.94. The van der Waals surface area contributed by atoms with E-state index in [0.717, 1.165) is 12.2 Å². The van der Waals surface area contributed by atoms with Crippen molar-refractivity contribution in [2.24, 2.45) is 7.05 Å². The van der Waals surface area contributed by atoms with Gasteiger partial charge in [-0.05, 0) is 19.9 Å². The second-order valence-electron chi connectivity index (χ2n) is 4.57. The van der Waals surface area contributed by atoms with Crippen molar-refractivity contribution in [3.8, 4) is 0 Å². The van der Waals surface area contributed by atoms with E-state index in [1.165, 1.54) is 36.8 Å². The summed E-state index contributed by atoms with van der Waals surface area (Å²) in [6.07, 6.45) is 6.32. The van der Waals surface area contributed by atoms with E-state index in [1.807, 2.05) is 6.92 Å². The van der Waals surface area contributed by atoms with Crippen LogP contribution >= 0.6 is 12.4 Å². The average Bonchev–Trinajstić information content (AvgIpc) is 2.54. The maximum Gasteiger partial charge on any atom is 0.215 e. The van der Waals surface area contributed by atoms with Crippen LogP contribution in [0.4, 0.5) is 4.39 Å². The van der Waals surface area contributed by atoms with Crippen LogP contribution in [-0.4, -0.2) is 16.3 Å². The van der Waals surface area contributed by atoms with Crippen molar-refractivity contribution < 1.29 is 4.39 Å². The van der Waals surface area contributed by atoms with E-state index in [2.05, 4.69) is 17.3 Å². The molecule has 1 aromatic rings. The quantitative estimate of drug-likeness (QED) is 0.739. The van der Waals surface area contributed by atoms with Gasteiger partial charge >= 0.3 is 0 Å². The fourth-order valence-corrected chi connectivity index (χ4v) is 1.94. The van der Waals surface area contributed by atoms with Crippen molar-refractivity contribution in [3.05, 3.63) is 17.2 Å². The van der Waals surface area contributed by atoms with E-state index in [9.17, 15) is 4.39 Å². The Bertz CT molecular complexity index is 339. The SMILES string of the molecule is CCCCCCCNCc1c(C)nn(C)c1F.Cl. The summed E-state index contributed by atoms with van der Waals surface area (Å²) in [5.41, 5.74) is 1.48. The summed E-state index contributed by atoms with van der Waals surface area (Å²) in [6.45, 7) is 5.60. The highest BCUT2D eigenvalue weighted by Crippen LogP contribution is 2.10. The minimum Gasteiger partial charge on any atom is -0.312 e. The Hall–Kier alpha value is -0.610. The van der Waals surface area contributed by atoms with Crippen LogP contribution in [0.25, 0.3) is 0 Å². The lowest BCUT2D eigenvalue weighted by Gasteiger charge is -2.04. The molecule has 0 atom stereocenters. The first kappa shape index (κ1) is 17.4. The van der Waals surface area contributed by atoms with Gasteiger partial charge in [-0.1, -0.05) is 32.6 Å². The molecule has 1 N–H and O–H groups in total. The zero-order chi connectivity index (χ0) is 12.7. The molecule has 3 nitrogen and oxygen atoms in total. The number of nitrogens with one attached hydrogen (secondary N) is 1. The molecule has 0 saturated heterocycles. The number of rotatable bonds is 8. The van der Waals surface area contributed by atoms with E-state index in [4.69, 9.17) is 0 Å². The summed E-state index contributed by atoms with van der Waals surface area (Å²) in [7, 11) is 1.64. The largest absolute Gasteiger partial charge is 0.312 e. The first-order valence-corrected chi connectivity index (χ1v) is 6.55. The zero-order valence-electron chi connectivity index (χ0n) is 11.6. The van der Waals surface area contributed by atoms with Crippen molar-refractivity contribution in [1.29, 1.82) is 0 Å². The zero-order valence-corrected chi connectivity index (χ0v) is 12.4. The maximum atomic E-state index is 13.6. The normalized spacial score (nSPS) is 10.4. The van der Waals surface area contributed by atoms with Crippen LogP contribution < -0.4 is 5.32 Å². The maximum absolute atomic E-state index is 13.6. The van der Waals surface area contributed by atoms with Crippen molar-refractivity contribution in [1.82, 2.24) is 15.1 Å². The molecule has 0 spiro atoms. The topological polar surface area (TPSA) is 29.9 Å². The summed E-state index contributed by atoms with van der Waals surface area (Å²) < 4.78 is 14.9. The Balaban J connectivity index is 0.00000289. The number of hydrogen-bond acceptors (Lipinski definition) is 2. The lowest BCUT2D eigenvalue weighted by Crippen LogP contribution is -2.16. The van der Waals surface area contributed by atoms with Crippen LogP contribution in [0.15, 0.2) is 0 Å². The second-order valence-corrected chi connectivity index (χ2v) is 4.57. The Kier molecular flexibility index (Phi) is 9.02. The van der Waals surface area contributed by atoms with Crippen LogP contribution in [0.5, 0.6) is 0 Å². The predicted molar refractivity (Wildman–Crippen MR) is 75.6 cm³/mol. The van der Waals surface area contributed by atoms with E-state index in [1.54, 1.807) is 7.05 Å². The summed E-state index contributed by atoms with van der Waals surface area (Å²) in [4.78, 5) is 0. The Labute approximate surface area is 116 Å². The van der Waals surface area contributed by atoms with Crippen LogP contribution in [-0.2, 0) is 13.6 Å². The molecule has 0 aliphatic heterocycles. The van der Waals surface area contributed by atoms with Gasteiger partial charge < -0.3 is 5.32 Å². The first-order valence-electron chi connectivity index (χ1n) is 6.55. The van der Waals surface area contributed by atoms with Crippen molar-refractivity contribution in [2.45, 2.75) is 52.5 Å². The molecule has 0 aliphatic carbocycles. The minimum absolute atomic E-state index is 0. The highest BCUT2D eigenvalue weighted by molar-refractivity contribution is 5.85. The highest BCUT2D eigenvalue weighted by Gasteiger charge is 2.11. The molecule has 1 rings (SSSR count). The molecule has 0 saturated carbocycles. The molecule has 1 heterocycles.